The molecular formula is C44H35ClF8N10O4S. The molecule has 0 aliphatic heterocycles. The van der Waals surface area contributed by atoms with Gasteiger partial charge in [0.2, 0.25) is 15.9 Å². The van der Waals surface area contributed by atoms with Crippen molar-refractivity contribution in [3.63, 3.8) is 0 Å². The highest BCUT2D eigenvalue weighted by atomic mass is 35.5. The van der Waals surface area contributed by atoms with E-state index in [1.165, 1.54) is 30.3 Å². The lowest BCUT2D eigenvalue weighted by Gasteiger charge is -2.24. The molecule has 4 aromatic heterocycles. The van der Waals surface area contributed by atoms with Gasteiger partial charge in [0, 0.05) is 40.9 Å². The van der Waals surface area contributed by atoms with E-state index < -0.39 is 118 Å². The number of hydrogen-bond acceptors (Lipinski definition) is 9. The summed E-state index contributed by atoms with van der Waals surface area (Å²) in [4.78, 5) is 43.3. The Morgan fingerprint density at radius 2 is 1.63 bits per heavy atom. The molecule has 354 valence electrons. The Labute approximate surface area is 384 Å². The first-order valence-electron chi connectivity index (χ1n) is 21.1. The number of nitrogens with one attached hydrogen (secondary N) is 2. The summed E-state index contributed by atoms with van der Waals surface area (Å²) in [6, 6.07) is 9.29. The first-order valence-corrected chi connectivity index (χ1v) is 23.0. The molecule has 2 fully saturated rings. The summed E-state index contributed by atoms with van der Waals surface area (Å²) < 4.78 is 149. The van der Waals surface area contributed by atoms with Gasteiger partial charge in [0.1, 0.15) is 41.9 Å². The van der Waals surface area contributed by atoms with Crippen LogP contribution < -0.4 is 15.6 Å². The fraction of sp³-hybridized carbons (Fsp3) is 0.341. The van der Waals surface area contributed by atoms with Gasteiger partial charge in [-0.25, -0.2) is 49.7 Å². The van der Waals surface area contributed by atoms with Crippen molar-refractivity contribution < 1.29 is 48.3 Å². The molecule has 0 spiro atoms. The molecule has 2 saturated carbocycles. The van der Waals surface area contributed by atoms with Crippen molar-refractivity contribution in [1.29, 1.82) is 0 Å². The van der Waals surface area contributed by atoms with Gasteiger partial charge >= 0.3 is 0 Å². The van der Waals surface area contributed by atoms with Crippen molar-refractivity contribution in [2.45, 2.75) is 88.6 Å². The maximum absolute atomic E-state index is 15.6. The number of fused-ring (bicyclic) bond motifs is 5. The van der Waals surface area contributed by atoms with Gasteiger partial charge in [-0.2, -0.15) is 19.0 Å². The Balaban J connectivity index is 1.20. The summed E-state index contributed by atoms with van der Waals surface area (Å²) in [5.41, 5.74) is -2.19. The number of aryl methyl sites for hydroxylation is 2. The second kappa shape index (κ2) is 16.3. The minimum absolute atomic E-state index is 0.0472. The zero-order valence-electron chi connectivity index (χ0n) is 35.4. The number of carbonyl (C=O) groups excluding carboxylic acids is 1. The fourth-order valence-corrected chi connectivity index (χ4v) is 10.7. The molecule has 2 N–H and O–H groups in total. The molecule has 68 heavy (non-hydrogen) atoms. The van der Waals surface area contributed by atoms with Gasteiger partial charge in [0.15, 0.2) is 11.6 Å². The van der Waals surface area contributed by atoms with E-state index in [1.807, 2.05) is 0 Å². The van der Waals surface area contributed by atoms with E-state index in [0.717, 1.165) is 21.4 Å². The SMILES string of the molecule is Cc1cc(C)nc(-c2ccc3c(=O)n(-c4ccc(Cl)c5c(NS(=O)(=O)C6CC6)nn(CC(F)F)c45)c([C@H](Cc4cc(F)cc(F)c4)NC(=O)Cn4nc(C(F)F)c5c4C(F)(F)C4CC54)nc3c2)n1. The number of aromatic nitrogens is 8. The highest BCUT2D eigenvalue weighted by Gasteiger charge is 2.67. The Kier molecular flexibility index (Phi) is 10.9. The molecule has 3 aromatic carbocycles. The topological polar surface area (TPSA) is 172 Å². The number of rotatable bonds is 14. The molecule has 3 atom stereocenters. The number of hydrogen-bond donors (Lipinski definition) is 2. The Hall–Kier alpha value is -6.49. The van der Waals surface area contributed by atoms with Crippen molar-refractivity contribution in [3.8, 4) is 17.1 Å². The third-order valence-corrected chi connectivity index (χ3v) is 14.3. The minimum Gasteiger partial charge on any atom is -0.344 e. The Morgan fingerprint density at radius 1 is 0.926 bits per heavy atom. The van der Waals surface area contributed by atoms with Crippen LogP contribution >= 0.6 is 11.6 Å². The van der Waals surface area contributed by atoms with E-state index in [4.69, 9.17) is 16.6 Å². The van der Waals surface area contributed by atoms with Crippen LogP contribution in [-0.2, 0) is 40.3 Å². The van der Waals surface area contributed by atoms with Gasteiger partial charge in [0.05, 0.1) is 43.8 Å². The molecule has 0 radical (unpaired) electrons. The number of benzene rings is 3. The largest absolute Gasteiger partial charge is 0.344 e. The van der Waals surface area contributed by atoms with E-state index in [2.05, 4.69) is 30.2 Å². The molecule has 3 aliphatic carbocycles. The summed E-state index contributed by atoms with van der Waals surface area (Å²) in [5, 5.41) is 9.22. The van der Waals surface area contributed by atoms with Crippen LogP contribution in [0, 0.1) is 31.4 Å². The normalized spacial score (nSPS) is 17.8. The summed E-state index contributed by atoms with van der Waals surface area (Å²) in [5.74, 6) is -9.62. The van der Waals surface area contributed by atoms with Gasteiger partial charge in [-0.15, -0.1) is 0 Å². The van der Waals surface area contributed by atoms with Crippen molar-refractivity contribution in [3.05, 3.63) is 121 Å². The Morgan fingerprint density at radius 3 is 2.29 bits per heavy atom. The number of nitrogens with zero attached hydrogens (tertiary/aromatic N) is 8. The van der Waals surface area contributed by atoms with Gasteiger partial charge in [-0.05, 0) is 87.1 Å². The van der Waals surface area contributed by atoms with Crippen molar-refractivity contribution in [2.24, 2.45) is 5.92 Å². The summed E-state index contributed by atoms with van der Waals surface area (Å²) in [6.07, 6.45) is -6.34. The predicted octanol–water partition coefficient (Wildman–Crippen LogP) is 8.35. The van der Waals surface area contributed by atoms with Crippen LogP contribution in [0.3, 0.4) is 0 Å². The van der Waals surface area contributed by atoms with Crippen LogP contribution in [0.4, 0.5) is 40.9 Å². The maximum Gasteiger partial charge on any atom is 0.293 e. The predicted molar refractivity (Wildman–Crippen MR) is 231 cm³/mol. The highest BCUT2D eigenvalue weighted by molar-refractivity contribution is 7.93. The number of anilines is 1. The van der Waals surface area contributed by atoms with E-state index in [-0.39, 0.29) is 55.9 Å². The molecule has 1 amide bonds. The molecule has 2 unspecified atom stereocenters. The lowest BCUT2D eigenvalue weighted by molar-refractivity contribution is -0.123. The summed E-state index contributed by atoms with van der Waals surface area (Å²) in [7, 11) is -4.10. The second-order valence-corrected chi connectivity index (χ2v) is 19.5. The Bertz CT molecular complexity index is 3390. The average molecular weight is 987 g/mol. The molecule has 24 heteroatoms. The van der Waals surface area contributed by atoms with E-state index in [9.17, 15) is 39.6 Å². The molecule has 3 aliphatic rings. The second-order valence-electron chi connectivity index (χ2n) is 17.2. The van der Waals surface area contributed by atoms with Crippen molar-refractivity contribution in [2.75, 3.05) is 4.72 Å². The zero-order chi connectivity index (χ0) is 48.3. The molecular weight excluding hydrogens is 952 g/mol. The molecule has 4 heterocycles. The van der Waals surface area contributed by atoms with Crippen molar-refractivity contribution >= 4 is 55.2 Å². The van der Waals surface area contributed by atoms with E-state index in [1.54, 1.807) is 19.9 Å². The van der Waals surface area contributed by atoms with E-state index in [0.29, 0.717) is 40.5 Å². The first kappa shape index (κ1) is 45.3. The fourth-order valence-electron chi connectivity index (χ4n) is 9.16. The van der Waals surface area contributed by atoms with Crippen LogP contribution in [0.15, 0.2) is 59.4 Å². The summed E-state index contributed by atoms with van der Waals surface area (Å²) in [6.45, 7) is 1.25. The number of alkyl halides is 6. The molecule has 14 nitrogen and oxygen atoms in total. The number of carbonyl (C=O) groups is 1. The number of amides is 1. The smallest absolute Gasteiger partial charge is 0.293 e. The van der Waals surface area contributed by atoms with E-state index >= 15 is 13.6 Å². The lowest BCUT2D eigenvalue weighted by atomic mass is 10.0. The molecule has 10 rings (SSSR count). The quantitative estimate of drug-likeness (QED) is 0.102. The first-order chi connectivity index (χ1) is 32.2. The van der Waals surface area contributed by atoms with Crippen LogP contribution in [0.1, 0.15) is 77.4 Å². The van der Waals surface area contributed by atoms with Crippen molar-refractivity contribution in [1.82, 2.24) is 44.4 Å². The third kappa shape index (κ3) is 8.01. The highest BCUT2D eigenvalue weighted by Crippen LogP contribution is 2.68. The summed E-state index contributed by atoms with van der Waals surface area (Å²) >= 11 is 6.68. The third-order valence-electron chi connectivity index (χ3n) is 12.2. The molecule has 7 aromatic rings. The monoisotopic (exact) mass is 986 g/mol. The van der Waals surface area contributed by atoms with Gasteiger partial charge in [-0.1, -0.05) is 17.7 Å². The van der Waals surface area contributed by atoms with Gasteiger partial charge in [-0.3, -0.25) is 28.2 Å². The number of halogens is 9. The van der Waals surface area contributed by atoms with Crippen LogP contribution in [0.2, 0.25) is 5.02 Å². The van der Waals surface area contributed by atoms with Gasteiger partial charge in [0.25, 0.3) is 24.3 Å². The molecule has 0 bridgehead atoms. The number of sulfonamides is 1. The van der Waals surface area contributed by atoms with Crippen LogP contribution in [0.25, 0.3) is 38.9 Å². The van der Waals surface area contributed by atoms with Crippen LogP contribution in [-0.4, -0.2) is 65.1 Å². The molecule has 0 saturated heterocycles. The average Bonchev–Trinajstić information content (AvgIpc) is 4.17. The zero-order valence-corrected chi connectivity index (χ0v) is 37.0. The van der Waals surface area contributed by atoms with Crippen LogP contribution in [0.5, 0.6) is 0 Å². The maximum atomic E-state index is 15.6. The lowest BCUT2D eigenvalue weighted by Crippen LogP contribution is -2.38. The minimum atomic E-state index is -4.10. The standard InChI is InChI=1S/C44H35ClF8N10O4S/c1-18-9-19(2)55-40(54-18)21-3-6-25-29(13-21)57-42(63(43(25)65)31-8-7-28(45)35-37(31)61(16-32(48)49)59-41(35)60-68(66,67)24-4-5-24)30(12-20-10-22(46)14-23(47)11-20)56-33(64)17-62-38-34(36(58-62)39(50)51)26-15-27(26)44(38,52)53/h3,6-11,13-14,24,26-27,30,32,39H,4-5,12,15-17H2,1-2H3,(H,56,64)(H,59,60)/t26?,27?,30-/m0/s1. The van der Waals surface area contributed by atoms with Gasteiger partial charge < -0.3 is 5.32 Å².